The van der Waals surface area contributed by atoms with Gasteiger partial charge in [0.25, 0.3) is 0 Å². The molecule has 0 aromatic heterocycles. The third-order valence-corrected chi connectivity index (χ3v) is 3.49. The van der Waals surface area contributed by atoms with Crippen LogP contribution in [0.25, 0.3) is 0 Å². The number of carboxylic acid groups (broad SMARTS) is 1. The maximum absolute atomic E-state index is 12.1. The van der Waals surface area contributed by atoms with Crippen LogP contribution in [0.3, 0.4) is 0 Å². The summed E-state index contributed by atoms with van der Waals surface area (Å²) in [6.45, 7) is 2.01. The van der Waals surface area contributed by atoms with Gasteiger partial charge in [0.15, 0.2) is 0 Å². The van der Waals surface area contributed by atoms with E-state index < -0.39 is 35.8 Å². The minimum absolute atomic E-state index is 0.323. The Bertz CT molecular complexity index is 385. The fourth-order valence-corrected chi connectivity index (χ4v) is 2.50. The molecule has 1 aliphatic carbocycles. The summed E-state index contributed by atoms with van der Waals surface area (Å²) in [4.78, 5) is 33.8. The van der Waals surface area contributed by atoms with Crippen molar-refractivity contribution in [2.24, 2.45) is 17.4 Å². The van der Waals surface area contributed by atoms with Crippen molar-refractivity contribution in [3.05, 3.63) is 0 Å². The maximum Gasteiger partial charge on any atom is 0.326 e. The van der Waals surface area contributed by atoms with Crippen molar-refractivity contribution in [3.63, 3.8) is 0 Å². The lowest BCUT2D eigenvalue weighted by Gasteiger charge is -2.36. The summed E-state index contributed by atoms with van der Waals surface area (Å²) in [6, 6.07) is -1.32. The highest BCUT2D eigenvalue weighted by Gasteiger charge is 2.39. The molecular weight excluding hydrogens is 250 g/mol. The predicted molar refractivity (Wildman–Crippen MR) is 67.9 cm³/mol. The molecule has 0 radical (unpaired) electrons. The van der Waals surface area contributed by atoms with E-state index in [1.165, 1.54) is 0 Å². The minimum atomic E-state index is -1.32. The van der Waals surface area contributed by atoms with Gasteiger partial charge in [0.2, 0.25) is 11.8 Å². The molecular formula is C12H21N3O4. The van der Waals surface area contributed by atoms with Crippen LogP contribution in [0.1, 0.15) is 39.0 Å². The largest absolute Gasteiger partial charge is 0.480 e. The number of hydrogen-bond acceptors (Lipinski definition) is 4. The molecule has 0 bridgehead atoms. The van der Waals surface area contributed by atoms with Crippen molar-refractivity contribution in [2.45, 2.75) is 50.6 Å². The van der Waals surface area contributed by atoms with E-state index in [1.807, 2.05) is 6.92 Å². The van der Waals surface area contributed by atoms with Crippen LogP contribution in [0.5, 0.6) is 0 Å². The average Bonchev–Trinajstić information content (AvgIpc) is 2.26. The standard InChI is InChI=1S/C12H21N3O4/c1-7-3-2-4-12(14,6-7)11(19)15-8(10(17)18)5-9(13)16/h7-8H,2-6,14H2,1H3,(H2,13,16)(H,15,19)(H,17,18)/t7?,8-,12?/m1/s1. The van der Waals surface area contributed by atoms with Gasteiger partial charge >= 0.3 is 5.97 Å². The van der Waals surface area contributed by atoms with Gasteiger partial charge in [0, 0.05) is 0 Å². The second-order valence-corrected chi connectivity index (χ2v) is 5.39. The van der Waals surface area contributed by atoms with Crippen molar-refractivity contribution in [3.8, 4) is 0 Å². The molecule has 0 aliphatic heterocycles. The van der Waals surface area contributed by atoms with Gasteiger partial charge in [0.1, 0.15) is 6.04 Å². The molecule has 0 heterocycles. The number of carbonyl (C=O) groups excluding carboxylic acids is 2. The average molecular weight is 271 g/mol. The molecule has 19 heavy (non-hydrogen) atoms. The minimum Gasteiger partial charge on any atom is -0.480 e. The Kier molecular flexibility index (Phi) is 4.88. The Morgan fingerprint density at radius 3 is 2.58 bits per heavy atom. The summed E-state index contributed by atoms with van der Waals surface area (Å²) in [5.74, 6) is -2.27. The molecule has 2 amide bonds. The third-order valence-electron chi connectivity index (χ3n) is 3.49. The number of hydrogen-bond donors (Lipinski definition) is 4. The molecule has 7 nitrogen and oxygen atoms in total. The van der Waals surface area contributed by atoms with E-state index in [2.05, 4.69) is 5.32 Å². The molecule has 7 heteroatoms. The highest BCUT2D eigenvalue weighted by atomic mass is 16.4. The van der Waals surface area contributed by atoms with Crippen LogP contribution in [-0.4, -0.2) is 34.5 Å². The summed E-state index contributed by atoms with van der Waals surface area (Å²) < 4.78 is 0. The van der Waals surface area contributed by atoms with E-state index in [0.29, 0.717) is 18.8 Å². The first-order valence-electron chi connectivity index (χ1n) is 6.35. The zero-order valence-electron chi connectivity index (χ0n) is 11.0. The predicted octanol–water partition coefficient (Wildman–Crippen LogP) is -0.661. The van der Waals surface area contributed by atoms with E-state index >= 15 is 0 Å². The van der Waals surface area contributed by atoms with Gasteiger partial charge in [-0.1, -0.05) is 19.8 Å². The maximum atomic E-state index is 12.1. The number of primary amides is 1. The molecule has 2 unspecified atom stereocenters. The molecule has 1 saturated carbocycles. The zero-order valence-corrected chi connectivity index (χ0v) is 11.0. The van der Waals surface area contributed by atoms with Crippen LogP contribution in [0, 0.1) is 5.92 Å². The fourth-order valence-electron chi connectivity index (χ4n) is 2.50. The number of nitrogens with two attached hydrogens (primary N) is 2. The van der Waals surface area contributed by atoms with E-state index in [9.17, 15) is 14.4 Å². The lowest BCUT2D eigenvalue weighted by atomic mass is 9.76. The first-order chi connectivity index (χ1) is 8.74. The summed E-state index contributed by atoms with van der Waals surface area (Å²) >= 11 is 0. The third kappa shape index (κ3) is 4.20. The summed E-state index contributed by atoms with van der Waals surface area (Å²) in [5, 5.41) is 11.3. The van der Waals surface area contributed by atoms with Crippen LogP contribution in [0.4, 0.5) is 0 Å². The lowest BCUT2D eigenvalue weighted by molar-refractivity contribution is -0.144. The van der Waals surface area contributed by atoms with Crippen molar-refractivity contribution in [1.82, 2.24) is 5.32 Å². The number of aliphatic carboxylic acids is 1. The van der Waals surface area contributed by atoms with E-state index in [4.69, 9.17) is 16.6 Å². The molecule has 6 N–H and O–H groups in total. The fraction of sp³-hybridized carbons (Fsp3) is 0.750. The second-order valence-electron chi connectivity index (χ2n) is 5.39. The van der Waals surface area contributed by atoms with Crippen molar-refractivity contribution in [1.29, 1.82) is 0 Å². The van der Waals surface area contributed by atoms with Gasteiger partial charge in [-0.25, -0.2) is 4.79 Å². The summed E-state index contributed by atoms with van der Waals surface area (Å²) in [5.41, 5.74) is 9.95. The Labute approximate surface area is 111 Å². The number of amides is 2. The quantitative estimate of drug-likeness (QED) is 0.526. The SMILES string of the molecule is CC1CCCC(N)(C(=O)N[C@H](CC(N)=O)C(=O)O)C1. The Morgan fingerprint density at radius 1 is 1.47 bits per heavy atom. The molecule has 1 aliphatic rings. The van der Waals surface area contributed by atoms with Crippen LogP contribution in [0.2, 0.25) is 0 Å². The van der Waals surface area contributed by atoms with E-state index in [-0.39, 0.29) is 0 Å². The molecule has 108 valence electrons. The van der Waals surface area contributed by atoms with Crippen molar-refractivity contribution >= 4 is 17.8 Å². The first-order valence-corrected chi connectivity index (χ1v) is 6.35. The number of rotatable bonds is 5. The Hall–Kier alpha value is -1.63. The van der Waals surface area contributed by atoms with Gasteiger partial charge in [-0.2, -0.15) is 0 Å². The van der Waals surface area contributed by atoms with Gasteiger partial charge in [0.05, 0.1) is 12.0 Å². The highest BCUT2D eigenvalue weighted by molar-refractivity contribution is 5.92. The normalized spacial score (nSPS) is 28.4. The van der Waals surface area contributed by atoms with Gasteiger partial charge in [-0.3, -0.25) is 9.59 Å². The van der Waals surface area contributed by atoms with Crippen LogP contribution < -0.4 is 16.8 Å². The van der Waals surface area contributed by atoms with E-state index in [1.54, 1.807) is 0 Å². The molecule has 3 atom stereocenters. The Morgan fingerprint density at radius 2 is 2.11 bits per heavy atom. The van der Waals surface area contributed by atoms with Gasteiger partial charge < -0.3 is 21.9 Å². The van der Waals surface area contributed by atoms with E-state index in [0.717, 1.165) is 12.8 Å². The molecule has 0 spiro atoms. The second kappa shape index (κ2) is 6.01. The monoisotopic (exact) mass is 271 g/mol. The van der Waals surface area contributed by atoms with Crippen molar-refractivity contribution in [2.75, 3.05) is 0 Å². The van der Waals surface area contributed by atoms with Crippen LogP contribution in [0.15, 0.2) is 0 Å². The van der Waals surface area contributed by atoms with Gasteiger partial charge in [-0.15, -0.1) is 0 Å². The first kappa shape index (κ1) is 15.4. The molecule has 0 aromatic carbocycles. The lowest BCUT2D eigenvalue weighted by Crippen LogP contribution is -2.59. The van der Waals surface area contributed by atoms with Crippen LogP contribution in [-0.2, 0) is 14.4 Å². The topological polar surface area (TPSA) is 136 Å². The molecule has 1 fully saturated rings. The smallest absolute Gasteiger partial charge is 0.326 e. The molecule has 0 saturated heterocycles. The van der Waals surface area contributed by atoms with Crippen LogP contribution >= 0.6 is 0 Å². The highest BCUT2D eigenvalue weighted by Crippen LogP contribution is 2.30. The number of carbonyl (C=O) groups is 3. The Balaban J connectivity index is 2.70. The molecule has 1 rings (SSSR count). The van der Waals surface area contributed by atoms with Crippen molar-refractivity contribution < 1.29 is 19.5 Å². The number of carboxylic acids is 1. The number of nitrogens with one attached hydrogen (secondary N) is 1. The molecule has 0 aromatic rings. The summed E-state index contributed by atoms with van der Waals surface area (Å²) in [7, 11) is 0. The van der Waals surface area contributed by atoms with Gasteiger partial charge in [-0.05, 0) is 18.8 Å². The zero-order chi connectivity index (χ0) is 14.6. The summed E-state index contributed by atoms with van der Waals surface area (Å²) in [6.07, 6.45) is 2.44.